The highest BCUT2D eigenvalue weighted by molar-refractivity contribution is 5.95. The fraction of sp³-hybridized carbons (Fsp3) is 0.333. The Morgan fingerprint density at radius 1 is 0.793 bits per heavy atom. The van der Waals surface area contributed by atoms with Gasteiger partial charge in [-0.25, -0.2) is 0 Å². The van der Waals surface area contributed by atoms with Gasteiger partial charge in [-0.05, 0) is 18.7 Å². The van der Waals surface area contributed by atoms with Gasteiger partial charge in [-0.1, -0.05) is 13.0 Å². The van der Waals surface area contributed by atoms with E-state index in [1.165, 1.54) is 0 Å². The number of hydrogen-bond acceptors (Lipinski definition) is 6. The monoisotopic (exact) mass is 401 g/mol. The van der Waals surface area contributed by atoms with E-state index >= 15 is 0 Å². The maximum absolute atomic E-state index is 12.4. The van der Waals surface area contributed by atoms with Crippen molar-refractivity contribution in [2.75, 3.05) is 51.6 Å². The van der Waals surface area contributed by atoms with Crippen molar-refractivity contribution in [2.24, 2.45) is 0 Å². The number of ether oxygens (including phenoxy) is 3. The van der Waals surface area contributed by atoms with Gasteiger partial charge in [0.2, 0.25) is 11.8 Å². The summed E-state index contributed by atoms with van der Waals surface area (Å²) in [6.07, 6.45) is 0. The number of amides is 2. The van der Waals surface area contributed by atoms with Gasteiger partial charge >= 0.3 is 0 Å². The van der Waals surface area contributed by atoms with E-state index in [-0.39, 0.29) is 24.9 Å². The summed E-state index contributed by atoms with van der Waals surface area (Å²) in [5.74, 6) is 1.35. The van der Waals surface area contributed by atoms with Crippen LogP contribution in [0.15, 0.2) is 42.5 Å². The average Bonchev–Trinajstić information content (AvgIpc) is 2.72. The van der Waals surface area contributed by atoms with Crippen LogP contribution in [-0.2, 0) is 9.59 Å². The lowest BCUT2D eigenvalue weighted by Crippen LogP contribution is -2.38. The van der Waals surface area contributed by atoms with Gasteiger partial charge in [0.05, 0.1) is 34.4 Å². The summed E-state index contributed by atoms with van der Waals surface area (Å²) in [7, 11) is 4.65. The lowest BCUT2D eigenvalue weighted by molar-refractivity contribution is -0.119. The van der Waals surface area contributed by atoms with Crippen LogP contribution in [0.5, 0.6) is 17.2 Å². The second-order valence-corrected chi connectivity index (χ2v) is 6.23. The van der Waals surface area contributed by atoms with Crippen LogP contribution < -0.4 is 24.8 Å². The van der Waals surface area contributed by atoms with Crippen LogP contribution in [0.2, 0.25) is 0 Å². The second-order valence-electron chi connectivity index (χ2n) is 6.23. The van der Waals surface area contributed by atoms with Crippen LogP contribution in [0.1, 0.15) is 6.92 Å². The average molecular weight is 401 g/mol. The Labute approximate surface area is 170 Å². The number of hydrogen-bond donors (Lipinski definition) is 2. The van der Waals surface area contributed by atoms with Crippen molar-refractivity contribution in [3.05, 3.63) is 42.5 Å². The smallest absolute Gasteiger partial charge is 0.238 e. The molecule has 29 heavy (non-hydrogen) atoms. The quantitative estimate of drug-likeness (QED) is 0.636. The molecule has 8 nitrogen and oxygen atoms in total. The molecule has 156 valence electrons. The minimum Gasteiger partial charge on any atom is -0.497 e. The molecule has 0 fully saturated rings. The van der Waals surface area contributed by atoms with Gasteiger partial charge < -0.3 is 24.8 Å². The summed E-state index contributed by atoms with van der Waals surface area (Å²) in [4.78, 5) is 26.5. The number of carbonyl (C=O) groups is 2. The molecule has 0 aliphatic carbocycles. The molecule has 0 heterocycles. The van der Waals surface area contributed by atoms with Crippen LogP contribution in [0.25, 0.3) is 0 Å². The molecular weight excluding hydrogens is 374 g/mol. The third kappa shape index (κ3) is 7.00. The van der Waals surface area contributed by atoms with Gasteiger partial charge in [-0.2, -0.15) is 0 Å². The summed E-state index contributed by atoms with van der Waals surface area (Å²) in [5.41, 5.74) is 1.20. The number of anilines is 2. The number of nitrogens with one attached hydrogen (secondary N) is 2. The summed E-state index contributed by atoms with van der Waals surface area (Å²) >= 11 is 0. The number of rotatable bonds is 10. The van der Waals surface area contributed by atoms with E-state index in [2.05, 4.69) is 10.6 Å². The Morgan fingerprint density at radius 3 is 1.83 bits per heavy atom. The number of carbonyl (C=O) groups excluding carboxylic acids is 2. The molecule has 2 aromatic rings. The standard InChI is InChI=1S/C21H27N3O5/c1-5-24(13-20(25)22-15-7-6-8-17(9-15)27-2)14-21(26)23-16-10-18(28-3)12-19(11-16)29-4/h6-12H,5,13-14H2,1-4H3,(H,22,25)(H,23,26). The van der Waals surface area contributed by atoms with Crippen molar-refractivity contribution in [1.29, 1.82) is 0 Å². The van der Waals surface area contributed by atoms with Crippen LogP contribution in [0, 0.1) is 0 Å². The molecular formula is C21H27N3O5. The molecule has 0 aromatic heterocycles. The zero-order valence-corrected chi connectivity index (χ0v) is 17.2. The molecule has 0 aliphatic rings. The summed E-state index contributed by atoms with van der Waals surface area (Å²) < 4.78 is 15.6. The van der Waals surface area contributed by atoms with Crippen LogP contribution in [0.3, 0.4) is 0 Å². The Kier molecular flexibility index (Phi) is 8.29. The molecule has 0 saturated carbocycles. The Hall–Kier alpha value is -3.26. The molecule has 2 amide bonds. The van der Waals surface area contributed by atoms with Gasteiger partial charge in [-0.15, -0.1) is 0 Å². The number of benzene rings is 2. The maximum atomic E-state index is 12.4. The van der Waals surface area contributed by atoms with E-state index in [1.54, 1.807) is 68.7 Å². The summed E-state index contributed by atoms with van der Waals surface area (Å²) in [6, 6.07) is 12.2. The molecule has 0 saturated heterocycles. The van der Waals surface area contributed by atoms with Crippen LogP contribution >= 0.6 is 0 Å². The van der Waals surface area contributed by atoms with Gasteiger partial charge in [-0.3, -0.25) is 14.5 Å². The first-order chi connectivity index (χ1) is 14.0. The second kappa shape index (κ2) is 10.9. The lowest BCUT2D eigenvalue weighted by atomic mass is 10.2. The van der Waals surface area contributed by atoms with Crippen LogP contribution in [-0.4, -0.2) is 57.7 Å². The minimum absolute atomic E-state index is 0.0710. The van der Waals surface area contributed by atoms with Crippen molar-refractivity contribution < 1.29 is 23.8 Å². The van der Waals surface area contributed by atoms with Gasteiger partial charge in [0.15, 0.2) is 0 Å². The first kappa shape index (κ1) is 22.0. The molecule has 0 bridgehead atoms. The minimum atomic E-state index is -0.240. The number of likely N-dealkylation sites (N-methyl/N-ethyl adjacent to an activating group) is 1. The molecule has 0 spiro atoms. The van der Waals surface area contributed by atoms with Crippen molar-refractivity contribution in [3.63, 3.8) is 0 Å². The lowest BCUT2D eigenvalue weighted by Gasteiger charge is -2.19. The highest BCUT2D eigenvalue weighted by Gasteiger charge is 2.14. The normalized spacial score (nSPS) is 10.4. The van der Waals surface area contributed by atoms with Crippen LogP contribution in [0.4, 0.5) is 11.4 Å². The third-order valence-electron chi connectivity index (χ3n) is 4.17. The summed E-state index contributed by atoms with van der Waals surface area (Å²) in [5, 5.41) is 5.61. The molecule has 0 aliphatic heterocycles. The van der Waals surface area contributed by atoms with Crippen molar-refractivity contribution in [3.8, 4) is 17.2 Å². The topological polar surface area (TPSA) is 89.1 Å². The highest BCUT2D eigenvalue weighted by Crippen LogP contribution is 2.25. The fourth-order valence-electron chi connectivity index (χ4n) is 2.67. The predicted octanol–water partition coefficient (Wildman–Crippen LogP) is 2.61. The Morgan fingerprint density at radius 2 is 1.31 bits per heavy atom. The maximum Gasteiger partial charge on any atom is 0.238 e. The third-order valence-corrected chi connectivity index (χ3v) is 4.17. The zero-order valence-electron chi connectivity index (χ0n) is 17.2. The highest BCUT2D eigenvalue weighted by atomic mass is 16.5. The number of nitrogens with zero attached hydrogens (tertiary/aromatic N) is 1. The Balaban J connectivity index is 1.93. The van der Waals surface area contributed by atoms with E-state index in [0.29, 0.717) is 35.2 Å². The SMILES string of the molecule is CCN(CC(=O)Nc1cccc(OC)c1)CC(=O)Nc1cc(OC)cc(OC)c1. The molecule has 0 radical (unpaired) electrons. The van der Waals surface area contributed by atoms with Gasteiger partial charge in [0.25, 0.3) is 0 Å². The summed E-state index contributed by atoms with van der Waals surface area (Å²) in [6.45, 7) is 2.59. The molecule has 0 unspecified atom stereocenters. The largest absolute Gasteiger partial charge is 0.497 e. The van der Waals surface area contributed by atoms with Crippen molar-refractivity contribution in [1.82, 2.24) is 4.90 Å². The van der Waals surface area contributed by atoms with E-state index < -0.39 is 0 Å². The molecule has 8 heteroatoms. The van der Waals surface area contributed by atoms with Crippen molar-refractivity contribution >= 4 is 23.2 Å². The fourth-order valence-corrected chi connectivity index (χ4v) is 2.67. The molecule has 2 rings (SSSR count). The van der Waals surface area contributed by atoms with E-state index in [9.17, 15) is 9.59 Å². The molecule has 2 aromatic carbocycles. The zero-order chi connectivity index (χ0) is 21.2. The van der Waals surface area contributed by atoms with E-state index in [0.717, 1.165) is 0 Å². The van der Waals surface area contributed by atoms with Gasteiger partial charge in [0, 0.05) is 35.6 Å². The van der Waals surface area contributed by atoms with E-state index in [4.69, 9.17) is 14.2 Å². The first-order valence-electron chi connectivity index (χ1n) is 9.16. The van der Waals surface area contributed by atoms with Gasteiger partial charge in [0.1, 0.15) is 17.2 Å². The predicted molar refractivity (Wildman–Crippen MR) is 112 cm³/mol. The Bertz CT molecular complexity index is 819. The molecule has 0 atom stereocenters. The van der Waals surface area contributed by atoms with Crippen molar-refractivity contribution in [2.45, 2.75) is 6.92 Å². The number of methoxy groups -OCH3 is 3. The molecule has 2 N–H and O–H groups in total. The van der Waals surface area contributed by atoms with E-state index in [1.807, 2.05) is 6.92 Å². The first-order valence-corrected chi connectivity index (χ1v) is 9.16.